The molecule has 8 nitrogen and oxygen atoms in total. The van der Waals surface area contributed by atoms with E-state index in [0.717, 1.165) is 0 Å². The fourth-order valence-corrected chi connectivity index (χ4v) is 3.09. The Balaban J connectivity index is 1.82. The van der Waals surface area contributed by atoms with E-state index >= 15 is 0 Å². The average Bonchev–Trinajstić information content (AvgIpc) is 3.05. The van der Waals surface area contributed by atoms with Crippen molar-refractivity contribution in [3.8, 4) is 0 Å². The largest absolute Gasteiger partial charge is 0.294 e. The van der Waals surface area contributed by atoms with Crippen molar-refractivity contribution in [2.45, 2.75) is 19.9 Å². The number of rotatable bonds is 2. The Hall–Kier alpha value is -3.42. The molecule has 0 aromatic carbocycles. The lowest BCUT2D eigenvalue weighted by Crippen LogP contribution is -2.36. The summed E-state index contributed by atoms with van der Waals surface area (Å²) in [6, 6.07) is 6.94. The van der Waals surface area contributed by atoms with Gasteiger partial charge in [0.05, 0.1) is 11.1 Å². The van der Waals surface area contributed by atoms with E-state index in [1.807, 2.05) is 13.8 Å². The summed E-state index contributed by atoms with van der Waals surface area (Å²) in [5.41, 5.74) is 1.56. The Kier molecular flexibility index (Phi) is 3.61. The van der Waals surface area contributed by atoms with Gasteiger partial charge in [-0.25, -0.2) is 9.97 Å². The van der Waals surface area contributed by atoms with Gasteiger partial charge in [-0.2, -0.15) is 0 Å². The Bertz CT molecular complexity index is 995. The summed E-state index contributed by atoms with van der Waals surface area (Å²) in [5.74, 6) is 0.507. The first kappa shape index (κ1) is 16.1. The highest BCUT2D eigenvalue weighted by Crippen LogP contribution is 2.29. The van der Waals surface area contributed by atoms with E-state index in [9.17, 15) is 9.59 Å². The second-order valence-corrected chi connectivity index (χ2v) is 6.28. The van der Waals surface area contributed by atoms with Gasteiger partial charge in [0.15, 0.2) is 11.4 Å². The van der Waals surface area contributed by atoms with Gasteiger partial charge in [0, 0.05) is 25.5 Å². The molecule has 4 rings (SSSR count). The molecule has 130 valence electrons. The Morgan fingerprint density at radius 2 is 1.42 bits per heavy atom. The van der Waals surface area contributed by atoms with E-state index in [1.165, 1.54) is 4.90 Å². The molecular formula is C18H16N6O2. The molecule has 0 radical (unpaired) electrons. The number of fused-ring (bicyclic) bond motifs is 2. The van der Waals surface area contributed by atoms with Crippen LogP contribution in [0.2, 0.25) is 0 Å². The van der Waals surface area contributed by atoms with Crippen molar-refractivity contribution in [2.24, 2.45) is 10.2 Å². The van der Waals surface area contributed by atoms with Gasteiger partial charge in [0.1, 0.15) is 11.6 Å². The van der Waals surface area contributed by atoms with Crippen LogP contribution in [-0.4, -0.2) is 46.3 Å². The van der Waals surface area contributed by atoms with E-state index in [1.54, 1.807) is 48.6 Å². The maximum atomic E-state index is 12.8. The number of hydrogen-bond acceptors (Lipinski definition) is 6. The molecule has 8 heteroatoms. The van der Waals surface area contributed by atoms with E-state index in [4.69, 9.17) is 0 Å². The molecular weight excluding hydrogens is 332 g/mol. The summed E-state index contributed by atoms with van der Waals surface area (Å²) in [4.78, 5) is 36.7. The van der Waals surface area contributed by atoms with Crippen molar-refractivity contribution < 1.29 is 9.59 Å². The zero-order valence-electron chi connectivity index (χ0n) is 14.5. The molecule has 4 heterocycles. The predicted molar refractivity (Wildman–Crippen MR) is 97.6 cm³/mol. The first-order chi connectivity index (χ1) is 12.5. The van der Waals surface area contributed by atoms with Crippen molar-refractivity contribution in [1.29, 1.82) is 0 Å². The molecule has 2 aromatic heterocycles. The summed E-state index contributed by atoms with van der Waals surface area (Å²) in [5, 5.41) is 8.26. The second-order valence-electron chi connectivity index (χ2n) is 6.28. The zero-order chi connectivity index (χ0) is 18.4. The Morgan fingerprint density at radius 1 is 0.885 bits per heavy atom. The molecule has 2 aliphatic rings. The minimum atomic E-state index is -0.305. The van der Waals surface area contributed by atoms with Gasteiger partial charge in [-0.15, -0.1) is 10.2 Å². The van der Waals surface area contributed by atoms with Crippen LogP contribution in [0.15, 0.2) is 46.9 Å². The number of likely N-dealkylation sites (N-methyl/N-ethyl adjacent to an activating group) is 1. The Labute approximate surface area is 149 Å². The Morgan fingerprint density at radius 3 is 2.04 bits per heavy atom. The summed E-state index contributed by atoms with van der Waals surface area (Å²) in [7, 11) is 1.63. The summed E-state index contributed by atoms with van der Waals surface area (Å²) in [6.45, 7) is 3.81. The molecule has 0 unspecified atom stereocenters. The smallest absolute Gasteiger partial charge is 0.280 e. The highest BCUT2D eigenvalue weighted by atomic mass is 16.2. The van der Waals surface area contributed by atoms with Crippen molar-refractivity contribution in [3.05, 3.63) is 47.8 Å². The van der Waals surface area contributed by atoms with Gasteiger partial charge < -0.3 is 0 Å². The van der Waals surface area contributed by atoms with Gasteiger partial charge in [0.25, 0.3) is 11.8 Å². The quantitative estimate of drug-likeness (QED) is 0.767. The van der Waals surface area contributed by atoms with Crippen molar-refractivity contribution in [1.82, 2.24) is 9.97 Å². The molecule has 0 spiro atoms. The highest BCUT2D eigenvalue weighted by molar-refractivity contribution is 6.55. The first-order valence-electron chi connectivity index (χ1n) is 8.18. The van der Waals surface area contributed by atoms with E-state index in [0.29, 0.717) is 22.8 Å². The number of carbonyl (C=O) groups excluding carboxylic acids is 2. The molecule has 0 atom stereocenters. The molecule has 2 aromatic rings. The van der Waals surface area contributed by atoms with Gasteiger partial charge in [-0.1, -0.05) is 0 Å². The number of nitrogens with zero attached hydrogens (tertiary/aromatic N) is 6. The molecule has 0 aliphatic carbocycles. The predicted octanol–water partition coefficient (Wildman–Crippen LogP) is 1.40. The number of pyridine rings is 2. The fourth-order valence-electron chi connectivity index (χ4n) is 3.09. The minimum Gasteiger partial charge on any atom is -0.294 e. The van der Waals surface area contributed by atoms with Crippen molar-refractivity contribution in [2.75, 3.05) is 16.8 Å². The van der Waals surface area contributed by atoms with Crippen LogP contribution in [-0.2, 0) is 9.59 Å². The number of amides is 2. The molecule has 2 amide bonds. The molecule has 26 heavy (non-hydrogen) atoms. The number of carbonyl (C=O) groups is 2. The topological polar surface area (TPSA) is 91.1 Å². The fraction of sp³-hybridized carbons (Fsp3) is 0.222. The normalized spacial score (nSPS) is 19.1. The van der Waals surface area contributed by atoms with Gasteiger partial charge in [-0.3, -0.25) is 19.4 Å². The van der Waals surface area contributed by atoms with Crippen LogP contribution in [0.1, 0.15) is 25.0 Å². The van der Waals surface area contributed by atoms with Crippen LogP contribution in [0.4, 0.5) is 11.6 Å². The lowest BCUT2D eigenvalue weighted by Gasteiger charge is -2.19. The van der Waals surface area contributed by atoms with Crippen molar-refractivity contribution in [3.63, 3.8) is 0 Å². The summed E-state index contributed by atoms with van der Waals surface area (Å²) in [6.07, 6.45) is 3.24. The van der Waals surface area contributed by atoms with Gasteiger partial charge in [0.2, 0.25) is 0 Å². The maximum absolute atomic E-state index is 12.8. The second kappa shape index (κ2) is 5.83. The van der Waals surface area contributed by atoms with Crippen LogP contribution < -0.4 is 9.80 Å². The summed E-state index contributed by atoms with van der Waals surface area (Å²) >= 11 is 0. The molecule has 0 fully saturated rings. The third kappa shape index (κ3) is 2.22. The molecule has 0 N–H and O–H groups in total. The number of hydrogen-bond donors (Lipinski definition) is 0. The van der Waals surface area contributed by atoms with E-state index < -0.39 is 0 Å². The SMILES string of the molecule is CC(C)N1C(=O)/C(=N\N=C2/C(=O)N(C)c3ncccc32)c2cccnc21. The van der Waals surface area contributed by atoms with Crippen LogP contribution in [0.3, 0.4) is 0 Å². The third-order valence-corrected chi connectivity index (χ3v) is 4.32. The number of aromatic nitrogens is 2. The molecule has 0 saturated carbocycles. The average molecular weight is 348 g/mol. The standard InChI is InChI=1S/C18H16N6O2/c1-10(2)24-16-12(7-5-9-20-16)14(18(24)26)22-21-13-11-6-4-8-19-15(11)23(3)17(13)25/h4-10H,1-3H3/b21-13-,22-14-. The molecule has 0 bridgehead atoms. The van der Waals surface area contributed by atoms with Crippen LogP contribution >= 0.6 is 0 Å². The number of anilines is 2. The highest BCUT2D eigenvalue weighted by Gasteiger charge is 2.37. The lowest BCUT2D eigenvalue weighted by atomic mass is 10.2. The van der Waals surface area contributed by atoms with Crippen LogP contribution in [0, 0.1) is 0 Å². The minimum absolute atomic E-state index is 0.0688. The lowest BCUT2D eigenvalue weighted by molar-refractivity contribution is -0.113. The first-order valence-corrected chi connectivity index (χ1v) is 8.18. The van der Waals surface area contributed by atoms with E-state index in [2.05, 4.69) is 20.2 Å². The van der Waals surface area contributed by atoms with Crippen molar-refractivity contribution >= 4 is 34.9 Å². The maximum Gasteiger partial charge on any atom is 0.280 e. The molecule has 2 aliphatic heterocycles. The molecule has 0 saturated heterocycles. The van der Waals surface area contributed by atoms with Crippen LogP contribution in [0.25, 0.3) is 0 Å². The zero-order valence-corrected chi connectivity index (χ0v) is 14.5. The monoisotopic (exact) mass is 348 g/mol. The van der Waals surface area contributed by atoms with Gasteiger partial charge >= 0.3 is 0 Å². The van der Waals surface area contributed by atoms with Crippen LogP contribution in [0.5, 0.6) is 0 Å². The van der Waals surface area contributed by atoms with Gasteiger partial charge in [-0.05, 0) is 38.1 Å². The third-order valence-electron chi connectivity index (χ3n) is 4.32. The summed E-state index contributed by atoms with van der Waals surface area (Å²) < 4.78 is 0. The van der Waals surface area contributed by atoms with E-state index in [-0.39, 0.29) is 29.3 Å².